The summed E-state index contributed by atoms with van der Waals surface area (Å²) in [5.41, 5.74) is 2.15. The van der Waals surface area contributed by atoms with Crippen molar-refractivity contribution in [3.05, 3.63) is 52.1 Å². The Labute approximate surface area is 183 Å². The van der Waals surface area contributed by atoms with E-state index in [0.717, 1.165) is 6.07 Å². The van der Waals surface area contributed by atoms with Crippen LogP contribution in [0.4, 0.5) is 21.9 Å². The molecule has 2 aromatic carbocycles. The molecule has 0 atom stereocenters. The molecule has 0 spiro atoms. The summed E-state index contributed by atoms with van der Waals surface area (Å²) in [6.07, 6.45) is 0. The van der Waals surface area contributed by atoms with E-state index in [2.05, 4.69) is 5.32 Å². The van der Waals surface area contributed by atoms with Gasteiger partial charge in [-0.1, -0.05) is 0 Å². The Morgan fingerprint density at radius 2 is 1.78 bits per heavy atom. The number of amides is 3. The molecule has 2 aromatic rings. The fraction of sp³-hybridized carbons (Fsp3) is 0.300. The van der Waals surface area contributed by atoms with Crippen LogP contribution in [-0.4, -0.2) is 67.4 Å². The van der Waals surface area contributed by atoms with E-state index < -0.39 is 10.8 Å². The van der Waals surface area contributed by atoms with Gasteiger partial charge in [0.15, 0.2) is 0 Å². The highest BCUT2D eigenvalue weighted by atomic mass is 16.6. The third-order valence-electron chi connectivity index (χ3n) is 5.09. The summed E-state index contributed by atoms with van der Waals surface area (Å²) in [5.74, 6) is 0.205. The maximum Gasteiger partial charge on any atom is 0.322 e. The maximum atomic E-state index is 12.7. The molecule has 3 rings (SSSR count). The molecule has 32 heavy (non-hydrogen) atoms. The number of piperazine rings is 1. The van der Waals surface area contributed by atoms with E-state index in [1.54, 1.807) is 23.1 Å². The van der Waals surface area contributed by atoms with Crippen molar-refractivity contribution in [2.45, 2.75) is 0 Å². The van der Waals surface area contributed by atoms with E-state index in [1.807, 2.05) is 4.90 Å². The van der Waals surface area contributed by atoms with E-state index in [-0.39, 0.29) is 17.3 Å². The Bertz CT molecular complexity index is 1020. The molecule has 3 N–H and O–H groups in total. The van der Waals surface area contributed by atoms with Crippen LogP contribution in [0, 0.1) is 10.1 Å². The second-order valence-corrected chi connectivity index (χ2v) is 6.87. The molecular formula is C20H23N5O7. The van der Waals surface area contributed by atoms with Gasteiger partial charge < -0.3 is 24.6 Å². The smallest absolute Gasteiger partial charge is 0.322 e. The van der Waals surface area contributed by atoms with Crippen LogP contribution in [0.1, 0.15) is 10.4 Å². The van der Waals surface area contributed by atoms with Crippen molar-refractivity contribution in [3.8, 4) is 11.5 Å². The summed E-state index contributed by atoms with van der Waals surface area (Å²) >= 11 is 0. The number of rotatable bonds is 6. The first-order chi connectivity index (χ1) is 15.4. The number of ether oxygens (including phenoxy) is 2. The van der Waals surface area contributed by atoms with Gasteiger partial charge in [-0.05, 0) is 18.2 Å². The number of nitro groups is 1. The largest absolute Gasteiger partial charge is 0.497 e. The van der Waals surface area contributed by atoms with Gasteiger partial charge in [-0.2, -0.15) is 0 Å². The highest BCUT2D eigenvalue weighted by Gasteiger charge is 2.26. The second-order valence-electron chi connectivity index (χ2n) is 6.87. The summed E-state index contributed by atoms with van der Waals surface area (Å²) in [4.78, 5) is 38.6. The van der Waals surface area contributed by atoms with Crippen LogP contribution in [0.25, 0.3) is 0 Å². The summed E-state index contributed by atoms with van der Waals surface area (Å²) in [5, 5.41) is 22.8. The average Bonchev–Trinajstić information content (AvgIpc) is 2.83. The molecule has 1 saturated heterocycles. The lowest BCUT2D eigenvalue weighted by Gasteiger charge is -2.36. The number of hydrogen-bond donors (Lipinski definition) is 3. The van der Waals surface area contributed by atoms with Gasteiger partial charge in [-0.3, -0.25) is 20.1 Å². The number of carbonyl (C=O) groups is 2. The Hall–Kier alpha value is -4.06. The third kappa shape index (κ3) is 4.81. The molecule has 0 saturated carbocycles. The van der Waals surface area contributed by atoms with Gasteiger partial charge in [0.05, 0.1) is 36.1 Å². The number of non-ortho nitro benzene ring substituents is 1. The van der Waals surface area contributed by atoms with Gasteiger partial charge in [0.25, 0.3) is 11.6 Å². The first-order valence-corrected chi connectivity index (χ1v) is 9.63. The van der Waals surface area contributed by atoms with Crippen molar-refractivity contribution in [3.63, 3.8) is 0 Å². The van der Waals surface area contributed by atoms with Gasteiger partial charge in [-0.25, -0.2) is 10.3 Å². The maximum absolute atomic E-state index is 12.7. The zero-order valence-corrected chi connectivity index (χ0v) is 17.5. The molecule has 12 nitrogen and oxygen atoms in total. The predicted molar refractivity (Wildman–Crippen MR) is 115 cm³/mol. The molecule has 1 aliphatic rings. The molecule has 3 amide bonds. The predicted octanol–water partition coefficient (Wildman–Crippen LogP) is 2.09. The summed E-state index contributed by atoms with van der Waals surface area (Å²) in [6, 6.07) is 8.59. The van der Waals surface area contributed by atoms with E-state index in [1.165, 1.54) is 31.8 Å². The van der Waals surface area contributed by atoms with Crippen LogP contribution < -0.4 is 25.2 Å². The number of hydrogen-bond acceptors (Lipinski definition) is 8. The van der Waals surface area contributed by atoms with Gasteiger partial charge in [0, 0.05) is 44.4 Å². The molecule has 12 heteroatoms. The number of urea groups is 1. The molecular weight excluding hydrogens is 422 g/mol. The van der Waals surface area contributed by atoms with Crippen molar-refractivity contribution in [1.29, 1.82) is 0 Å². The molecule has 0 radical (unpaired) electrons. The molecule has 1 fully saturated rings. The van der Waals surface area contributed by atoms with Crippen molar-refractivity contribution in [1.82, 2.24) is 10.4 Å². The lowest BCUT2D eigenvalue weighted by molar-refractivity contribution is -0.384. The normalized spacial score (nSPS) is 13.3. The van der Waals surface area contributed by atoms with Gasteiger partial charge in [0.2, 0.25) is 0 Å². The minimum Gasteiger partial charge on any atom is -0.497 e. The Balaban J connectivity index is 1.69. The highest BCUT2D eigenvalue weighted by Crippen LogP contribution is 2.30. The Morgan fingerprint density at radius 3 is 2.38 bits per heavy atom. The van der Waals surface area contributed by atoms with Crippen molar-refractivity contribution < 1.29 is 29.2 Å². The lowest BCUT2D eigenvalue weighted by Crippen LogP contribution is -2.50. The van der Waals surface area contributed by atoms with Gasteiger partial charge in [0.1, 0.15) is 11.5 Å². The monoisotopic (exact) mass is 445 g/mol. The fourth-order valence-corrected chi connectivity index (χ4v) is 3.40. The van der Waals surface area contributed by atoms with Crippen molar-refractivity contribution >= 4 is 29.0 Å². The quantitative estimate of drug-likeness (QED) is 0.348. The van der Waals surface area contributed by atoms with E-state index in [4.69, 9.17) is 14.7 Å². The SMILES string of the molecule is COc1ccc(NC(=O)N2CCN(c3ccc([N+](=O)[O-])cc3C(=O)NO)CC2)c(OC)c1. The average molecular weight is 445 g/mol. The van der Waals surface area contributed by atoms with Crippen LogP contribution in [-0.2, 0) is 0 Å². The van der Waals surface area contributed by atoms with Gasteiger partial charge >= 0.3 is 6.03 Å². The van der Waals surface area contributed by atoms with E-state index in [0.29, 0.717) is 49.1 Å². The Kier molecular flexibility index (Phi) is 6.95. The number of methoxy groups -OCH3 is 2. The topological polar surface area (TPSA) is 147 Å². The standard InChI is InChI=1S/C20H23N5O7/c1-31-14-4-5-16(18(12-14)32-2)21-20(27)24-9-7-23(8-10-24)17-6-3-13(25(29)30)11-15(17)19(26)22-28/h3-6,11-12,28H,7-10H2,1-2H3,(H,21,27)(H,22,26). The van der Waals surface area contributed by atoms with E-state index >= 15 is 0 Å². The number of nitro benzene ring substituents is 1. The highest BCUT2D eigenvalue weighted by molar-refractivity contribution is 6.00. The van der Waals surface area contributed by atoms with Crippen LogP contribution in [0.2, 0.25) is 0 Å². The summed E-state index contributed by atoms with van der Waals surface area (Å²) in [7, 11) is 3.03. The molecule has 170 valence electrons. The van der Waals surface area contributed by atoms with Crippen LogP contribution >= 0.6 is 0 Å². The Morgan fingerprint density at radius 1 is 1.06 bits per heavy atom. The minimum atomic E-state index is -0.851. The number of hydroxylamine groups is 1. The number of carbonyl (C=O) groups excluding carboxylic acids is 2. The molecule has 0 unspecified atom stereocenters. The van der Waals surface area contributed by atoms with Crippen LogP contribution in [0.15, 0.2) is 36.4 Å². The lowest BCUT2D eigenvalue weighted by atomic mass is 10.1. The van der Waals surface area contributed by atoms with Crippen LogP contribution in [0.5, 0.6) is 11.5 Å². The van der Waals surface area contributed by atoms with Gasteiger partial charge in [-0.15, -0.1) is 0 Å². The minimum absolute atomic E-state index is 0.0254. The summed E-state index contributed by atoms with van der Waals surface area (Å²) < 4.78 is 10.4. The zero-order valence-electron chi connectivity index (χ0n) is 17.5. The molecule has 0 aliphatic carbocycles. The van der Waals surface area contributed by atoms with Crippen molar-refractivity contribution in [2.75, 3.05) is 50.6 Å². The third-order valence-corrected chi connectivity index (χ3v) is 5.09. The molecule has 1 heterocycles. The molecule has 1 aliphatic heterocycles. The number of nitrogens with zero attached hydrogens (tertiary/aromatic N) is 3. The number of nitrogens with one attached hydrogen (secondary N) is 2. The van der Waals surface area contributed by atoms with Crippen molar-refractivity contribution in [2.24, 2.45) is 0 Å². The fourth-order valence-electron chi connectivity index (χ4n) is 3.40. The van der Waals surface area contributed by atoms with E-state index in [9.17, 15) is 19.7 Å². The molecule has 0 bridgehead atoms. The summed E-state index contributed by atoms with van der Waals surface area (Å²) in [6.45, 7) is 1.47. The first-order valence-electron chi connectivity index (χ1n) is 9.63. The first kappa shape index (κ1) is 22.6. The number of benzene rings is 2. The molecule has 0 aromatic heterocycles. The second kappa shape index (κ2) is 9.83. The number of anilines is 2. The van der Waals surface area contributed by atoms with Crippen LogP contribution in [0.3, 0.4) is 0 Å². The zero-order chi connectivity index (χ0) is 23.3.